The fourth-order valence-corrected chi connectivity index (χ4v) is 2.28. The van der Waals surface area contributed by atoms with E-state index in [4.69, 9.17) is 4.74 Å². The van der Waals surface area contributed by atoms with E-state index in [1.165, 1.54) is 0 Å². The number of nitrogens with zero attached hydrogens (tertiary/aromatic N) is 2. The predicted octanol–water partition coefficient (Wildman–Crippen LogP) is 2.83. The monoisotopic (exact) mass is 265 g/mol. The van der Waals surface area contributed by atoms with Crippen molar-refractivity contribution in [1.29, 1.82) is 0 Å². The third-order valence-electron chi connectivity index (χ3n) is 3.16. The van der Waals surface area contributed by atoms with E-state index in [0.717, 1.165) is 23.4 Å². The van der Waals surface area contributed by atoms with Gasteiger partial charge in [0.05, 0.1) is 12.2 Å². The maximum atomic E-state index is 12.1. The van der Waals surface area contributed by atoms with Crippen LogP contribution in [0.4, 0.5) is 4.79 Å². The van der Waals surface area contributed by atoms with Crippen molar-refractivity contribution in [2.24, 2.45) is 0 Å². The molecule has 5 nitrogen and oxygen atoms in total. The molecule has 2 heterocycles. The molecule has 0 unspecified atom stereocenters. The Hall–Kier alpha value is -1.52. The molecule has 0 bridgehead atoms. The number of aromatic nitrogens is 2. The number of amides is 1. The standard InChI is InChI=1S/C14H23N3O2/c1-9(2)12-10-8-17(7-6-11(10)15-16-12)13(18)19-14(3,4)5/h9H,6-8H2,1-5H3,(H,15,16). The van der Waals surface area contributed by atoms with Crippen LogP contribution in [-0.2, 0) is 17.7 Å². The summed E-state index contributed by atoms with van der Waals surface area (Å²) in [7, 11) is 0. The van der Waals surface area contributed by atoms with E-state index in [-0.39, 0.29) is 6.09 Å². The van der Waals surface area contributed by atoms with Crippen molar-refractivity contribution in [3.63, 3.8) is 0 Å². The van der Waals surface area contributed by atoms with Gasteiger partial charge in [-0.25, -0.2) is 4.79 Å². The summed E-state index contributed by atoms with van der Waals surface area (Å²) < 4.78 is 5.43. The number of hydrogen-bond donors (Lipinski definition) is 1. The van der Waals surface area contributed by atoms with Gasteiger partial charge < -0.3 is 9.64 Å². The minimum Gasteiger partial charge on any atom is -0.444 e. The third-order valence-corrected chi connectivity index (χ3v) is 3.16. The summed E-state index contributed by atoms with van der Waals surface area (Å²) in [5, 5.41) is 7.45. The van der Waals surface area contributed by atoms with E-state index >= 15 is 0 Å². The first-order valence-corrected chi connectivity index (χ1v) is 6.82. The van der Waals surface area contributed by atoms with Gasteiger partial charge in [-0.3, -0.25) is 5.10 Å². The minimum atomic E-state index is -0.450. The third kappa shape index (κ3) is 3.08. The molecule has 0 saturated carbocycles. The van der Waals surface area contributed by atoms with Crippen LogP contribution < -0.4 is 0 Å². The van der Waals surface area contributed by atoms with Crippen molar-refractivity contribution >= 4 is 6.09 Å². The molecule has 2 rings (SSSR count). The van der Waals surface area contributed by atoms with E-state index < -0.39 is 5.60 Å². The maximum Gasteiger partial charge on any atom is 0.410 e. The molecule has 5 heteroatoms. The average molecular weight is 265 g/mol. The number of rotatable bonds is 1. The Morgan fingerprint density at radius 3 is 2.68 bits per heavy atom. The first-order chi connectivity index (χ1) is 8.78. The molecule has 1 aromatic heterocycles. The Morgan fingerprint density at radius 2 is 2.11 bits per heavy atom. The number of ether oxygens (including phenoxy) is 1. The summed E-state index contributed by atoms with van der Waals surface area (Å²) >= 11 is 0. The van der Waals surface area contributed by atoms with Gasteiger partial charge in [-0.05, 0) is 26.7 Å². The highest BCUT2D eigenvalue weighted by molar-refractivity contribution is 5.68. The highest BCUT2D eigenvalue weighted by Crippen LogP contribution is 2.26. The molecule has 1 N–H and O–H groups in total. The van der Waals surface area contributed by atoms with Crippen LogP contribution in [0, 0.1) is 0 Å². The SMILES string of the molecule is CC(C)c1n[nH]c2c1CN(C(=O)OC(C)(C)C)CC2. The van der Waals surface area contributed by atoms with E-state index in [0.29, 0.717) is 19.0 Å². The summed E-state index contributed by atoms with van der Waals surface area (Å²) in [5.41, 5.74) is 2.92. The summed E-state index contributed by atoms with van der Waals surface area (Å²) in [6, 6.07) is 0. The molecule has 19 heavy (non-hydrogen) atoms. The quantitative estimate of drug-likeness (QED) is 0.849. The first kappa shape index (κ1) is 13.9. The van der Waals surface area contributed by atoms with Crippen molar-refractivity contribution in [2.75, 3.05) is 6.54 Å². The van der Waals surface area contributed by atoms with Gasteiger partial charge in [0.1, 0.15) is 5.60 Å². The molecule has 0 radical (unpaired) electrons. The molecule has 1 amide bonds. The number of fused-ring (bicyclic) bond motifs is 1. The van der Waals surface area contributed by atoms with Crippen LogP contribution in [0.1, 0.15) is 57.5 Å². The van der Waals surface area contributed by atoms with Crippen molar-refractivity contribution in [3.05, 3.63) is 17.0 Å². The molecule has 106 valence electrons. The van der Waals surface area contributed by atoms with Gasteiger partial charge in [0.25, 0.3) is 0 Å². The molecule has 0 fully saturated rings. The lowest BCUT2D eigenvalue weighted by molar-refractivity contribution is 0.0223. The molecule has 0 aliphatic carbocycles. The van der Waals surface area contributed by atoms with E-state index in [1.807, 2.05) is 20.8 Å². The van der Waals surface area contributed by atoms with Crippen molar-refractivity contribution in [3.8, 4) is 0 Å². The van der Waals surface area contributed by atoms with E-state index in [9.17, 15) is 4.79 Å². The zero-order valence-electron chi connectivity index (χ0n) is 12.4. The Labute approximate surface area is 114 Å². The zero-order valence-corrected chi connectivity index (χ0v) is 12.4. The van der Waals surface area contributed by atoms with Crippen molar-refractivity contribution in [1.82, 2.24) is 15.1 Å². The van der Waals surface area contributed by atoms with Crippen LogP contribution in [0.3, 0.4) is 0 Å². The van der Waals surface area contributed by atoms with E-state index in [2.05, 4.69) is 24.0 Å². The van der Waals surface area contributed by atoms with Crippen molar-refractivity contribution in [2.45, 2.75) is 59.1 Å². The smallest absolute Gasteiger partial charge is 0.410 e. The Bertz CT molecular complexity index is 472. The number of hydrogen-bond acceptors (Lipinski definition) is 3. The second-order valence-corrected chi connectivity index (χ2v) is 6.37. The lowest BCUT2D eigenvalue weighted by atomic mass is 10.00. The maximum absolute atomic E-state index is 12.1. The van der Waals surface area contributed by atoms with Gasteiger partial charge in [0.15, 0.2) is 0 Å². The normalized spacial score (nSPS) is 15.6. The summed E-state index contributed by atoms with van der Waals surface area (Å²) in [6.07, 6.45) is 0.572. The Kier molecular flexibility index (Phi) is 3.56. The van der Waals surface area contributed by atoms with Gasteiger partial charge >= 0.3 is 6.09 Å². The molecule has 1 aliphatic rings. The van der Waals surface area contributed by atoms with Gasteiger partial charge in [-0.1, -0.05) is 13.8 Å². The predicted molar refractivity (Wildman–Crippen MR) is 73.0 cm³/mol. The number of carbonyl (C=O) groups is 1. The molecule has 1 aliphatic heterocycles. The van der Waals surface area contributed by atoms with Crippen LogP contribution in [0.2, 0.25) is 0 Å². The number of nitrogens with one attached hydrogen (secondary N) is 1. The lowest BCUT2D eigenvalue weighted by Gasteiger charge is -2.30. The second-order valence-electron chi connectivity index (χ2n) is 6.37. The molecule has 0 spiro atoms. The minimum absolute atomic E-state index is 0.242. The molecular formula is C14H23N3O2. The van der Waals surface area contributed by atoms with Crippen LogP contribution in [0.5, 0.6) is 0 Å². The lowest BCUT2D eigenvalue weighted by Crippen LogP contribution is -2.40. The van der Waals surface area contributed by atoms with E-state index in [1.54, 1.807) is 4.90 Å². The van der Waals surface area contributed by atoms with Gasteiger partial charge in [-0.15, -0.1) is 0 Å². The number of aromatic amines is 1. The van der Waals surface area contributed by atoms with Crippen LogP contribution >= 0.6 is 0 Å². The zero-order chi connectivity index (χ0) is 14.2. The fraction of sp³-hybridized carbons (Fsp3) is 0.714. The first-order valence-electron chi connectivity index (χ1n) is 6.82. The average Bonchev–Trinajstić information content (AvgIpc) is 2.68. The van der Waals surface area contributed by atoms with Crippen LogP contribution in [0.15, 0.2) is 0 Å². The molecule has 0 atom stereocenters. The fourth-order valence-electron chi connectivity index (χ4n) is 2.28. The Morgan fingerprint density at radius 1 is 1.42 bits per heavy atom. The molecule has 0 aromatic carbocycles. The van der Waals surface area contributed by atoms with Gasteiger partial charge in [-0.2, -0.15) is 5.10 Å². The second kappa shape index (κ2) is 4.87. The molecular weight excluding hydrogens is 242 g/mol. The summed E-state index contributed by atoms with van der Waals surface area (Å²) in [5.74, 6) is 0.360. The Balaban J connectivity index is 2.13. The number of carbonyl (C=O) groups excluding carboxylic acids is 1. The van der Waals surface area contributed by atoms with Crippen molar-refractivity contribution < 1.29 is 9.53 Å². The van der Waals surface area contributed by atoms with Gasteiger partial charge in [0.2, 0.25) is 0 Å². The highest BCUT2D eigenvalue weighted by Gasteiger charge is 2.28. The van der Waals surface area contributed by atoms with Crippen LogP contribution in [-0.4, -0.2) is 33.3 Å². The topological polar surface area (TPSA) is 58.2 Å². The van der Waals surface area contributed by atoms with Crippen LogP contribution in [0.25, 0.3) is 0 Å². The summed E-state index contributed by atoms with van der Waals surface area (Å²) in [4.78, 5) is 13.9. The number of H-pyrrole nitrogens is 1. The largest absolute Gasteiger partial charge is 0.444 e. The van der Waals surface area contributed by atoms with Gasteiger partial charge in [0, 0.05) is 24.2 Å². The molecule has 0 saturated heterocycles. The highest BCUT2D eigenvalue weighted by atomic mass is 16.6. The summed E-state index contributed by atoms with van der Waals surface area (Å²) in [6.45, 7) is 11.2. The molecule has 1 aromatic rings.